The number of fused-ring (bicyclic) bond motifs is 1. The van der Waals surface area contributed by atoms with E-state index in [0.29, 0.717) is 17.2 Å². The van der Waals surface area contributed by atoms with E-state index in [1.54, 1.807) is 32.4 Å². The molecule has 84 valence electrons. The molecule has 5 nitrogen and oxygen atoms in total. The van der Waals surface area contributed by atoms with Crippen LogP contribution in [0.1, 0.15) is 10.5 Å². The molecule has 0 aliphatic heterocycles. The first-order valence-electron chi connectivity index (χ1n) is 4.70. The van der Waals surface area contributed by atoms with Crippen LogP contribution in [0.5, 0.6) is 11.5 Å². The Bertz CT molecular complexity index is 545. The third kappa shape index (κ3) is 1.56. The van der Waals surface area contributed by atoms with Crippen LogP contribution in [-0.4, -0.2) is 25.1 Å². The van der Waals surface area contributed by atoms with E-state index >= 15 is 0 Å². The smallest absolute Gasteiger partial charge is 0.265 e. The second-order valence-corrected chi connectivity index (χ2v) is 3.34. The molecule has 0 aliphatic carbocycles. The number of nitrogens with one attached hydrogen (secondary N) is 1. The van der Waals surface area contributed by atoms with Gasteiger partial charge < -0.3 is 20.2 Å². The summed E-state index contributed by atoms with van der Waals surface area (Å²) in [6.07, 6.45) is 0. The summed E-state index contributed by atoms with van der Waals surface area (Å²) in [6.45, 7) is 0. The monoisotopic (exact) mass is 220 g/mol. The lowest BCUT2D eigenvalue weighted by atomic mass is 10.2. The van der Waals surface area contributed by atoms with Gasteiger partial charge in [-0.05, 0) is 6.07 Å². The number of carbonyl (C=O) groups is 1. The van der Waals surface area contributed by atoms with Gasteiger partial charge in [0.05, 0.1) is 19.7 Å². The molecule has 2 aromatic rings. The van der Waals surface area contributed by atoms with Crippen LogP contribution in [0.2, 0.25) is 0 Å². The predicted octanol–water partition coefficient (Wildman–Crippen LogP) is 1.28. The van der Waals surface area contributed by atoms with Crippen LogP contribution < -0.4 is 15.2 Å². The summed E-state index contributed by atoms with van der Waals surface area (Å²) in [5.74, 6) is 0.789. The van der Waals surface area contributed by atoms with E-state index in [0.717, 1.165) is 10.9 Å². The van der Waals surface area contributed by atoms with Gasteiger partial charge in [-0.3, -0.25) is 4.79 Å². The zero-order valence-corrected chi connectivity index (χ0v) is 9.03. The number of nitrogens with two attached hydrogens (primary N) is 1. The van der Waals surface area contributed by atoms with Crippen LogP contribution in [0.4, 0.5) is 0 Å². The molecule has 0 saturated carbocycles. The van der Waals surface area contributed by atoms with E-state index < -0.39 is 5.91 Å². The molecule has 1 aromatic carbocycles. The molecule has 0 atom stereocenters. The Labute approximate surface area is 92.1 Å². The summed E-state index contributed by atoms with van der Waals surface area (Å²) in [6, 6.07) is 5.20. The first-order chi connectivity index (χ1) is 7.65. The number of carbonyl (C=O) groups excluding carboxylic acids is 1. The lowest BCUT2D eigenvalue weighted by Gasteiger charge is -2.04. The number of H-pyrrole nitrogens is 1. The normalized spacial score (nSPS) is 10.4. The molecular weight excluding hydrogens is 208 g/mol. The van der Waals surface area contributed by atoms with Crippen molar-refractivity contribution in [3.05, 3.63) is 23.9 Å². The number of benzene rings is 1. The summed E-state index contributed by atoms with van der Waals surface area (Å²) in [7, 11) is 3.13. The Morgan fingerprint density at radius 2 is 2.00 bits per heavy atom. The van der Waals surface area contributed by atoms with Crippen LogP contribution in [0.25, 0.3) is 10.9 Å². The minimum absolute atomic E-state index is 0.349. The van der Waals surface area contributed by atoms with Crippen LogP contribution in [0.3, 0.4) is 0 Å². The number of ether oxygens (including phenoxy) is 2. The average molecular weight is 220 g/mol. The molecule has 0 aliphatic rings. The molecule has 1 amide bonds. The summed E-state index contributed by atoms with van der Waals surface area (Å²) in [5, 5.41) is 0.803. The van der Waals surface area contributed by atoms with E-state index in [4.69, 9.17) is 15.2 Å². The molecule has 0 radical (unpaired) electrons. The fraction of sp³-hybridized carbons (Fsp3) is 0.182. The van der Waals surface area contributed by atoms with Crippen molar-refractivity contribution in [1.82, 2.24) is 4.98 Å². The zero-order valence-electron chi connectivity index (χ0n) is 9.03. The van der Waals surface area contributed by atoms with E-state index in [-0.39, 0.29) is 0 Å². The van der Waals surface area contributed by atoms with E-state index in [1.165, 1.54) is 0 Å². The molecule has 0 spiro atoms. The molecule has 0 unspecified atom stereocenters. The van der Waals surface area contributed by atoms with Crippen LogP contribution in [0.15, 0.2) is 18.2 Å². The first-order valence-corrected chi connectivity index (χ1v) is 4.70. The lowest BCUT2D eigenvalue weighted by molar-refractivity contribution is 0.0996. The largest absolute Gasteiger partial charge is 0.497 e. The summed E-state index contributed by atoms with van der Waals surface area (Å²) >= 11 is 0. The van der Waals surface area contributed by atoms with Gasteiger partial charge in [-0.15, -0.1) is 0 Å². The predicted molar refractivity (Wildman–Crippen MR) is 59.9 cm³/mol. The first kappa shape index (κ1) is 10.4. The number of aromatic amines is 1. The Morgan fingerprint density at radius 1 is 1.25 bits per heavy atom. The van der Waals surface area contributed by atoms with Crippen molar-refractivity contribution in [2.24, 2.45) is 5.73 Å². The Hall–Kier alpha value is -2.17. The van der Waals surface area contributed by atoms with Gasteiger partial charge in [0.2, 0.25) is 0 Å². The Kier molecular flexibility index (Phi) is 2.44. The third-order valence-corrected chi connectivity index (χ3v) is 2.39. The Morgan fingerprint density at radius 3 is 2.56 bits per heavy atom. The van der Waals surface area contributed by atoms with Gasteiger partial charge in [-0.25, -0.2) is 0 Å². The highest BCUT2D eigenvalue weighted by molar-refractivity contribution is 5.99. The average Bonchev–Trinajstić information content (AvgIpc) is 2.71. The van der Waals surface area contributed by atoms with Gasteiger partial charge in [-0.1, -0.05) is 0 Å². The zero-order chi connectivity index (χ0) is 11.7. The van der Waals surface area contributed by atoms with Gasteiger partial charge in [-0.2, -0.15) is 0 Å². The van der Waals surface area contributed by atoms with Gasteiger partial charge in [0, 0.05) is 17.5 Å². The van der Waals surface area contributed by atoms with E-state index in [2.05, 4.69) is 4.98 Å². The van der Waals surface area contributed by atoms with Crippen molar-refractivity contribution in [3.63, 3.8) is 0 Å². The van der Waals surface area contributed by atoms with Crippen molar-refractivity contribution in [2.45, 2.75) is 0 Å². The fourth-order valence-electron chi connectivity index (χ4n) is 1.60. The summed E-state index contributed by atoms with van der Waals surface area (Å²) in [5.41, 5.74) is 6.30. The fourth-order valence-corrected chi connectivity index (χ4v) is 1.60. The number of rotatable bonds is 3. The highest BCUT2D eigenvalue weighted by atomic mass is 16.5. The number of hydrogen-bond donors (Lipinski definition) is 2. The number of amides is 1. The molecule has 0 bridgehead atoms. The van der Waals surface area contributed by atoms with Crippen molar-refractivity contribution < 1.29 is 14.3 Å². The van der Waals surface area contributed by atoms with E-state index in [1.807, 2.05) is 0 Å². The minimum Gasteiger partial charge on any atom is -0.497 e. The second kappa shape index (κ2) is 3.77. The van der Waals surface area contributed by atoms with Crippen molar-refractivity contribution >= 4 is 16.8 Å². The van der Waals surface area contributed by atoms with Crippen LogP contribution >= 0.6 is 0 Å². The van der Waals surface area contributed by atoms with Gasteiger partial charge in [0.1, 0.15) is 17.2 Å². The standard InChI is InChI=1S/C11H12N2O3/c1-15-6-3-8-7(10(4-6)16-2)5-9(13-8)11(12)14/h3-5,13H,1-2H3,(H2,12,14). The highest BCUT2D eigenvalue weighted by Gasteiger charge is 2.11. The summed E-state index contributed by atoms with van der Waals surface area (Å²) in [4.78, 5) is 14.0. The molecule has 3 N–H and O–H groups in total. The number of hydrogen-bond acceptors (Lipinski definition) is 3. The van der Waals surface area contributed by atoms with E-state index in [9.17, 15) is 4.79 Å². The maximum absolute atomic E-state index is 11.0. The molecule has 2 rings (SSSR count). The second-order valence-electron chi connectivity index (χ2n) is 3.34. The molecule has 16 heavy (non-hydrogen) atoms. The molecule has 1 heterocycles. The van der Waals surface area contributed by atoms with Gasteiger partial charge in [0.25, 0.3) is 5.91 Å². The minimum atomic E-state index is -0.503. The molecule has 0 fully saturated rings. The number of primary amides is 1. The topological polar surface area (TPSA) is 77.3 Å². The SMILES string of the molecule is COc1cc(OC)c2cc(C(N)=O)[nH]c2c1. The number of aromatic nitrogens is 1. The number of methoxy groups -OCH3 is 2. The lowest BCUT2D eigenvalue weighted by Crippen LogP contribution is -2.10. The maximum Gasteiger partial charge on any atom is 0.265 e. The molecular formula is C11H12N2O3. The highest BCUT2D eigenvalue weighted by Crippen LogP contribution is 2.31. The van der Waals surface area contributed by atoms with Crippen LogP contribution in [0, 0.1) is 0 Å². The summed E-state index contributed by atoms with van der Waals surface area (Å²) < 4.78 is 10.3. The van der Waals surface area contributed by atoms with Gasteiger partial charge >= 0.3 is 0 Å². The van der Waals surface area contributed by atoms with Crippen molar-refractivity contribution in [3.8, 4) is 11.5 Å². The molecule has 1 aromatic heterocycles. The van der Waals surface area contributed by atoms with Crippen molar-refractivity contribution in [1.29, 1.82) is 0 Å². The molecule has 5 heteroatoms. The van der Waals surface area contributed by atoms with Gasteiger partial charge in [0.15, 0.2) is 0 Å². The molecule has 0 saturated heterocycles. The third-order valence-electron chi connectivity index (χ3n) is 2.39. The maximum atomic E-state index is 11.0. The van der Waals surface area contributed by atoms with Crippen molar-refractivity contribution in [2.75, 3.05) is 14.2 Å². The van der Waals surface area contributed by atoms with Crippen LogP contribution in [-0.2, 0) is 0 Å². The Balaban J connectivity index is 2.69. The quantitative estimate of drug-likeness (QED) is 0.818.